The van der Waals surface area contributed by atoms with Gasteiger partial charge in [0.2, 0.25) is 5.88 Å². The van der Waals surface area contributed by atoms with Crippen molar-refractivity contribution in [3.05, 3.63) is 44.9 Å². The zero-order valence-corrected chi connectivity index (χ0v) is 11.9. The number of benzene rings is 1. The van der Waals surface area contributed by atoms with Crippen LogP contribution in [0.15, 0.2) is 33.5 Å². The molecule has 19 heavy (non-hydrogen) atoms. The Morgan fingerprint density at radius 1 is 1.47 bits per heavy atom. The molecule has 0 amide bonds. The lowest BCUT2D eigenvalue weighted by Crippen LogP contribution is -2.15. The number of aromatic nitrogens is 2. The molecule has 0 unspecified atom stereocenters. The monoisotopic (exact) mass is 324 g/mol. The molecule has 1 aromatic carbocycles. The fourth-order valence-corrected chi connectivity index (χ4v) is 2.13. The largest absolute Gasteiger partial charge is 0.493 e. The summed E-state index contributed by atoms with van der Waals surface area (Å²) in [4.78, 5) is 18.7. The number of nitrogens with zero attached hydrogens (tertiary/aromatic N) is 1. The minimum atomic E-state index is -0.364. The third kappa shape index (κ3) is 3.21. The summed E-state index contributed by atoms with van der Waals surface area (Å²) in [5, 5.41) is 9.93. The molecule has 0 saturated carbocycles. The molecular formula is C13H13BrN2O3. The zero-order valence-electron chi connectivity index (χ0n) is 10.3. The molecule has 0 radical (unpaired) electrons. The number of rotatable bonds is 4. The number of hydrogen-bond donors (Lipinski definition) is 2. The van der Waals surface area contributed by atoms with Crippen LogP contribution in [0.25, 0.3) is 11.1 Å². The Balaban J connectivity index is 2.45. The molecule has 0 aliphatic rings. The number of aromatic hydroxyl groups is 1. The molecule has 0 saturated heterocycles. The third-order valence-electron chi connectivity index (χ3n) is 2.61. The van der Waals surface area contributed by atoms with E-state index in [4.69, 9.17) is 4.74 Å². The average molecular weight is 325 g/mol. The van der Waals surface area contributed by atoms with Gasteiger partial charge in [-0.1, -0.05) is 28.1 Å². The average Bonchev–Trinajstić information content (AvgIpc) is 2.35. The minimum Gasteiger partial charge on any atom is -0.493 e. The van der Waals surface area contributed by atoms with E-state index in [0.717, 1.165) is 4.47 Å². The number of H-pyrrole nitrogens is 1. The van der Waals surface area contributed by atoms with Gasteiger partial charge in [-0.2, -0.15) is 4.98 Å². The van der Waals surface area contributed by atoms with E-state index in [9.17, 15) is 9.90 Å². The first-order chi connectivity index (χ1) is 9.11. The molecular weight excluding hydrogens is 312 g/mol. The molecule has 0 aliphatic carbocycles. The second kappa shape index (κ2) is 5.99. The third-order valence-corrected chi connectivity index (χ3v) is 3.10. The highest BCUT2D eigenvalue weighted by Crippen LogP contribution is 2.25. The van der Waals surface area contributed by atoms with Gasteiger partial charge in [-0.3, -0.25) is 4.79 Å². The van der Waals surface area contributed by atoms with E-state index in [2.05, 4.69) is 25.9 Å². The van der Waals surface area contributed by atoms with Crippen LogP contribution in [0.4, 0.5) is 0 Å². The van der Waals surface area contributed by atoms with Crippen molar-refractivity contribution in [1.82, 2.24) is 9.97 Å². The van der Waals surface area contributed by atoms with Crippen LogP contribution in [0, 0.1) is 0 Å². The van der Waals surface area contributed by atoms with E-state index in [1.165, 1.54) is 0 Å². The fraction of sp³-hybridized carbons (Fsp3) is 0.231. The van der Waals surface area contributed by atoms with E-state index >= 15 is 0 Å². The van der Waals surface area contributed by atoms with Gasteiger partial charge < -0.3 is 14.8 Å². The van der Waals surface area contributed by atoms with Gasteiger partial charge in [-0.05, 0) is 17.7 Å². The van der Waals surface area contributed by atoms with E-state index in [1.807, 2.05) is 6.07 Å². The van der Waals surface area contributed by atoms with Crippen LogP contribution in [0.3, 0.4) is 0 Å². The normalized spacial score (nSPS) is 10.6. The van der Waals surface area contributed by atoms with Gasteiger partial charge in [0, 0.05) is 18.0 Å². The second-order valence-electron chi connectivity index (χ2n) is 3.96. The first-order valence-electron chi connectivity index (χ1n) is 5.69. The molecule has 6 heteroatoms. The van der Waals surface area contributed by atoms with Gasteiger partial charge in [0.1, 0.15) is 11.4 Å². The molecule has 0 fully saturated rings. The lowest BCUT2D eigenvalue weighted by Gasteiger charge is -2.06. The highest BCUT2D eigenvalue weighted by Gasteiger charge is 2.13. The summed E-state index contributed by atoms with van der Waals surface area (Å²) >= 11 is 3.33. The number of ether oxygens (including phenoxy) is 1. The molecule has 0 spiro atoms. The topological polar surface area (TPSA) is 75.2 Å². The Kier molecular flexibility index (Phi) is 4.34. The van der Waals surface area contributed by atoms with Crippen molar-refractivity contribution in [2.45, 2.75) is 6.42 Å². The summed E-state index contributed by atoms with van der Waals surface area (Å²) in [6.07, 6.45) is 0.443. The van der Waals surface area contributed by atoms with Crippen LogP contribution in [-0.4, -0.2) is 28.8 Å². The predicted octanol–water partition coefficient (Wildman–Crippen LogP) is 2.09. The molecule has 2 rings (SSSR count). The van der Waals surface area contributed by atoms with E-state index in [0.29, 0.717) is 24.4 Å². The molecule has 1 heterocycles. The standard InChI is InChI=1S/C13H13BrN2O3/c1-19-6-5-10-15-12(17)11(13(18)16-10)8-3-2-4-9(14)7-8/h2-4,7H,5-6H2,1H3,(H2,15,16,17,18). The first kappa shape index (κ1) is 13.8. The van der Waals surface area contributed by atoms with Crippen molar-refractivity contribution in [1.29, 1.82) is 0 Å². The van der Waals surface area contributed by atoms with Gasteiger partial charge >= 0.3 is 0 Å². The number of aromatic amines is 1. The Bertz CT molecular complexity index is 640. The second-order valence-corrected chi connectivity index (χ2v) is 4.88. The van der Waals surface area contributed by atoms with Crippen molar-refractivity contribution in [2.24, 2.45) is 0 Å². The van der Waals surface area contributed by atoms with Gasteiger partial charge in [-0.25, -0.2) is 0 Å². The van der Waals surface area contributed by atoms with Gasteiger partial charge in [0.15, 0.2) is 0 Å². The fourth-order valence-electron chi connectivity index (χ4n) is 1.73. The van der Waals surface area contributed by atoms with Crippen LogP contribution in [0.2, 0.25) is 0 Å². The Morgan fingerprint density at radius 2 is 2.26 bits per heavy atom. The highest BCUT2D eigenvalue weighted by atomic mass is 79.9. The van der Waals surface area contributed by atoms with Crippen LogP contribution in [-0.2, 0) is 11.2 Å². The SMILES string of the molecule is COCCc1nc(O)c(-c2cccc(Br)c2)c(=O)[nH]1. The number of methoxy groups -OCH3 is 1. The van der Waals surface area contributed by atoms with Crippen LogP contribution >= 0.6 is 15.9 Å². The van der Waals surface area contributed by atoms with Crippen molar-refractivity contribution >= 4 is 15.9 Å². The number of nitrogens with one attached hydrogen (secondary N) is 1. The summed E-state index contributed by atoms with van der Waals surface area (Å²) < 4.78 is 5.73. The lowest BCUT2D eigenvalue weighted by molar-refractivity contribution is 0.200. The van der Waals surface area contributed by atoms with Crippen LogP contribution in [0.1, 0.15) is 5.82 Å². The summed E-state index contributed by atoms with van der Waals surface area (Å²) in [7, 11) is 1.56. The van der Waals surface area contributed by atoms with Crippen molar-refractivity contribution < 1.29 is 9.84 Å². The maximum atomic E-state index is 12.0. The molecule has 2 aromatic rings. The number of halogens is 1. The molecule has 100 valence electrons. The smallest absolute Gasteiger partial charge is 0.262 e. The first-order valence-corrected chi connectivity index (χ1v) is 6.48. The van der Waals surface area contributed by atoms with Gasteiger partial charge in [0.05, 0.1) is 6.61 Å². The number of hydrogen-bond acceptors (Lipinski definition) is 4. The Labute approximate surface area is 118 Å². The molecule has 0 atom stereocenters. The highest BCUT2D eigenvalue weighted by molar-refractivity contribution is 9.10. The summed E-state index contributed by atoms with van der Waals surface area (Å²) in [6.45, 7) is 0.429. The molecule has 2 N–H and O–H groups in total. The quantitative estimate of drug-likeness (QED) is 0.903. The molecule has 0 bridgehead atoms. The van der Waals surface area contributed by atoms with Crippen molar-refractivity contribution in [3.8, 4) is 17.0 Å². The summed E-state index contributed by atoms with van der Waals surface area (Å²) in [6, 6.07) is 7.12. The van der Waals surface area contributed by atoms with E-state index in [1.54, 1.807) is 25.3 Å². The molecule has 0 aliphatic heterocycles. The summed E-state index contributed by atoms with van der Waals surface area (Å²) in [5.74, 6) is 0.135. The minimum absolute atomic E-state index is 0.169. The van der Waals surface area contributed by atoms with E-state index in [-0.39, 0.29) is 17.0 Å². The lowest BCUT2D eigenvalue weighted by atomic mass is 10.1. The maximum absolute atomic E-state index is 12.0. The van der Waals surface area contributed by atoms with Gasteiger partial charge in [-0.15, -0.1) is 0 Å². The van der Waals surface area contributed by atoms with Crippen molar-refractivity contribution in [3.63, 3.8) is 0 Å². The molecule has 5 nitrogen and oxygen atoms in total. The zero-order chi connectivity index (χ0) is 13.8. The van der Waals surface area contributed by atoms with Gasteiger partial charge in [0.25, 0.3) is 5.56 Å². The van der Waals surface area contributed by atoms with E-state index < -0.39 is 0 Å². The summed E-state index contributed by atoms with van der Waals surface area (Å²) in [5.41, 5.74) is 0.415. The predicted molar refractivity (Wildman–Crippen MR) is 75.2 cm³/mol. The Hall–Kier alpha value is -1.66. The Morgan fingerprint density at radius 3 is 2.89 bits per heavy atom. The van der Waals surface area contributed by atoms with Crippen LogP contribution < -0.4 is 5.56 Å². The van der Waals surface area contributed by atoms with Crippen molar-refractivity contribution in [2.75, 3.05) is 13.7 Å². The maximum Gasteiger partial charge on any atom is 0.262 e. The molecule has 1 aromatic heterocycles. The van der Waals surface area contributed by atoms with Crippen LogP contribution in [0.5, 0.6) is 5.88 Å².